The van der Waals surface area contributed by atoms with Gasteiger partial charge < -0.3 is 5.32 Å². The van der Waals surface area contributed by atoms with Gasteiger partial charge >= 0.3 is 0 Å². The molecule has 3 rings (SSSR count). The summed E-state index contributed by atoms with van der Waals surface area (Å²) in [5, 5.41) is 4.58. The van der Waals surface area contributed by atoms with Crippen LogP contribution in [0.5, 0.6) is 0 Å². The number of benzene rings is 2. The topological polar surface area (TPSA) is 64.0 Å². The molecule has 0 aliphatic heterocycles. The second-order valence-electron chi connectivity index (χ2n) is 5.55. The molecule has 27 heavy (non-hydrogen) atoms. The molecule has 0 fully saturated rings. The second-order valence-corrected chi connectivity index (χ2v) is 7.37. The smallest absolute Gasteiger partial charge is 0.266 e. The number of nitrogens with one attached hydrogen (secondary N) is 1. The zero-order chi connectivity index (χ0) is 19.4. The quantitative estimate of drug-likeness (QED) is 0.371. The van der Waals surface area contributed by atoms with E-state index in [0.717, 1.165) is 0 Å². The molecule has 0 bridgehead atoms. The molecule has 0 radical (unpaired) electrons. The van der Waals surface area contributed by atoms with Gasteiger partial charge in [0.1, 0.15) is 0 Å². The van der Waals surface area contributed by atoms with Crippen LogP contribution in [0.25, 0.3) is 16.6 Å². The number of aromatic nitrogens is 2. The van der Waals surface area contributed by atoms with Gasteiger partial charge in [-0.15, -0.1) is 6.58 Å². The molecule has 0 saturated heterocycles. The number of nitrogens with zero attached hydrogens (tertiary/aromatic N) is 2. The van der Waals surface area contributed by atoms with Crippen molar-refractivity contribution in [2.45, 2.75) is 5.16 Å². The molecule has 2 aromatic carbocycles. The Labute approximate surface area is 170 Å². The second kappa shape index (κ2) is 8.61. The highest BCUT2D eigenvalue weighted by Gasteiger charge is 2.15. The van der Waals surface area contributed by atoms with Crippen LogP contribution in [-0.2, 0) is 4.79 Å². The lowest BCUT2D eigenvalue weighted by Crippen LogP contribution is -2.26. The molecule has 138 valence electrons. The number of carbonyl (C=O) groups excluding carboxylic acids is 1. The number of halogens is 2. The molecule has 0 aliphatic rings. The third-order valence-electron chi connectivity index (χ3n) is 3.66. The van der Waals surface area contributed by atoms with Gasteiger partial charge in [0.05, 0.1) is 22.3 Å². The normalized spacial score (nSPS) is 10.7. The number of carbonyl (C=O) groups is 1. The Morgan fingerprint density at radius 3 is 2.59 bits per heavy atom. The zero-order valence-electron chi connectivity index (χ0n) is 14.1. The predicted octanol–water partition coefficient (Wildman–Crippen LogP) is 4.09. The molecule has 0 spiro atoms. The van der Waals surface area contributed by atoms with E-state index >= 15 is 0 Å². The summed E-state index contributed by atoms with van der Waals surface area (Å²) >= 11 is 13.2. The molecule has 1 N–H and O–H groups in total. The van der Waals surface area contributed by atoms with Gasteiger partial charge in [-0.25, -0.2) is 4.98 Å². The minimum Gasteiger partial charge on any atom is -0.352 e. The fourth-order valence-electron chi connectivity index (χ4n) is 2.42. The summed E-state index contributed by atoms with van der Waals surface area (Å²) < 4.78 is 1.47. The van der Waals surface area contributed by atoms with Crippen LogP contribution in [0, 0.1) is 0 Å². The standard InChI is InChI=1S/C19H15Cl2N3O2S/c1-2-9-22-17(25)11-27-19-23-16-10-13(21)5-8-15(16)18(26)24(19)14-6-3-12(20)4-7-14/h2-8,10H,1,9,11H2,(H,22,25). The maximum atomic E-state index is 13.1. The van der Waals surface area contributed by atoms with Crippen LogP contribution in [0.4, 0.5) is 0 Å². The SMILES string of the molecule is C=CCNC(=O)CSc1nc2cc(Cl)ccc2c(=O)n1-c1ccc(Cl)cc1. The third-order valence-corrected chi connectivity index (χ3v) is 5.09. The fourth-order valence-corrected chi connectivity index (χ4v) is 3.56. The molecule has 1 amide bonds. The van der Waals surface area contributed by atoms with Crippen molar-refractivity contribution in [1.29, 1.82) is 0 Å². The largest absolute Gasteiger partial charge is 0.352 e. The van der Waals surface area contributed by atoms with Gasteiger partial charge in [-0.3, -0.25) is 14.2 Å². The summed E-state index contributed by atoms with van der Waals surface area (Å²) in [7, 11) is 0. The third kappa shape index (κ3) is 4.53. The zero-order valence-corrected chi connectivity index (χ0v) is 16.4. The van der Waals surface area contributed by atoms with Crippen LogP contribution in [0.2, 0.25) is 10.0 Å². The first-order chi connectivity index (χ1) is 13.0. The average molecular weight is 420 g/mol. The summed E-state index contributed by atoms with van der Waals surface area (Å²) in [6.45, 7) is 3.94. The lowest BCUT2D eigenvalue weighted by Gasteiger charge is -2.13. The van der Waals surface area contributed by atoms with E-state index in [-0.39, 0.29) is 17.2 Å². The van der Waals surface area contributed by atoms with E-state index < -0.39 is 0 Å². The number of hydrogen-bond donors (Lipinski definition) is 1. The maximum absolute atomic E-state index is 13.1. The molecule has 0 unspecified atom stereocenters. The van der Waals surface area contributed by atoms with Crippen LogP contribution >= 0.6 is 35.0 Å². The highest BCUT2D eigenvalue weighted by molar-refractivity contribution is 7.99. The molecule has 0 aliphatic carbocycles. The van der Waals surface area contributed by atoms with Gasteiger partial charge in [0.2, 0.25) is 5.91 Å². The van der Waals surface area contributed by atoms with E-state index in [1.165, 1.54) is 16.3 Å². The Hall–Kier alpha value is -2.28. The van der Waals surface area contributed by atoms with Crippen molar-refractivity contribution in [1.82, 2.24) is 14.9 Å². The van der Waals surface area contributed by atoms with Gasteiger partial charge in [0.15, 0.2) is 5.16 Å². The molecule has 0 saturated carbocycles. The lowest BCUT2D eigenvalue weighted by atomic mass is 10.2. The fraction of sp³-hybridized carbons (Fsp3) is 0.105. The van der Waals surface area contributed by atoms with E-state index in [9.17, 15) is 9.59 Å². The van der Waals surface area contributed by atoms with Crippen molar-refractivity contribution in [3.63, 3.8) is 0 Å². The number of hydrogen-bond acceptors (Lipinski definition) is 4. The van der Waals surface area contributed by atoms with Crippen molar-refractivity contribution in [3.05, 3.63) is 75.5 Å². The minimum absolute atomic E-state index is 0.111. The van der Waals surface area contributed by atoms with Crippen molar-refractivity contribution in [2.24, 2.45) is 0 Å². The number of thioether (sulfide) groups is 1. The average Bonchev–Trinajstić information content (AvgIpc) is 2.65. The molecule has 1 heterocycles. The van der Waals surface area contributed by atoms with Crippen LogP contribution in [0.15, 0.2) is 65.1 Å². The highest BCUT2D eigenvalue weighted by atomic mass is 35.5. The van der Waals surface area contributed by atoms with Crippen molar-refractivity contribution in [2.75, 3.05) is 12.3 Å². The van der Waals surface area contributed by atoms with Gasteiger partial charge in [0, 0.05) is 16.6 Å². The first-order valence-electron chi connectivity index (χ1n) is 7.98. The molecule has 5 nitrogen and oxygen atoms in total. The number of rotatable bonds is 6. The monoisotopic (exact) mass is 419 g/mol. The summed E-state index contributed by atoms with van der Waals surface area (Å²) in [6, 6.07) is 11.8. The predicted molar refractivity (Wildman–Crippen MR) is 111 cm³/mol. The van der Waals surface area contributed by atoms with Crippen LogP contribution in [0.1, 0.15) is 0 Å². The van der Waals surface area contributed by atoms with Crippen LogP contribution in [-0.4, -0.2) is 27.8 Å². The van der Waals surface area contributed by atoms with Gasteiger partial charge in [0.25, 0.3) is 5.56 Å². The molecular formula is C19H15Cl2N3O2S. The first-order valence-corrected chi connectivity index (χ1v) is 9.72. The maximum Gasteiger partial charge on any atom is 0.266 e. The van der Waals surface area contributed by atoms with E-state index in [4.69, 9.17) is 23.2 Å². The Kier molecular flexibility index (Phi) is 6.21. The first kappa shape index (κ1) is 19.5. The lowest BCUT2D eigenvalue weighted by molar-refractivity contribution is -0.118. The Morgan fingerprint density at radius 2 is 1.89 bits per heavy atom. The summed E-state index contributed by atoms with van der Waals surface area (Å²) in [4.78, 5) is 29.6. The van der Waals surface area contributed by atoms with E-state index in [0.29, 0.717) is 38.3 Å². The number of fused-ring (bicyclic) bond motifs is 1. The highest BCUT2D eigenvalue weighted by Crippen LogP contribution is 2.23. The molecule has 8 heteroatoms. The van der Waals surface area contributed by atoms with Gasteiger partial charge in [-0.1, -0.05) is 41.0 Å². The van der Waals surface area contributed by atoms with Crippen molar-refractivity contribution in [3.8, 4) is 5.69 Å². The Bertz CT molecular complexity index is 1060. The molecule has 3 aromatic rings. The Balaban J connectivity index is 2.09. The van der Waals surface area contributed by atoms with Gasteiger partial charge in [-0.2, -0.15) is 0 Å². The van der Waals surface area contributed by atoms with Crippen LogP contribution < -0.4 is 10.9 Å². The van der Waals surface area contributed by atoms with E-state index in [2.05, 4.69) is 16.9 Å². The van der Waals surface area contributed by atoms with Crippen molar-refractivity contribution < 1.29 is 4.79 Å². The summed E-state index contributed by atoms with van der Waals surface area (Å²) in [6.07, 6.45) is 1.60. The minimum atomic E-state index is -0.243. The van der Waals surface area contributed by atoms with Crippen molar-refractivity contribution >= 4 is 51.8 Å². The van der Waals surface area contributed by atoms with Crippen LogP contribution in [0.3, 0.4) is 0 Å². The Morgan fingerprint density at radius 1 is 1.19 bits per heavy atom. The summed E-state index contributed by atoms with van der Waals surface area (Å²) in [5.74, 6) is -0.0667. The van der Waals surface area contributed by atoms with E-state index in [1.807, 2.05) is 0 Å². The number of amides is 1. The molecule has 0 atom stereocenters. The molecule has 1 aromatic heterocycles. The van der Waals surface area contributed by atoms with E-state index in [1.54, 1.807) is 48.5 Å². The van der Waals surface area contributed by atoms with Gasteiger partial charge in [-0.05, 0) is 42.5 Å². The summed E-state index contributed by atoms with van der Waals surface area (Å²) in [5.41, 5.74) is 0.849. The molecular weight excluding hydrogens is 405 g/mol.